The van der Waals surface area contributed by atoms with E-state index in [2.05, 4.69) is 99.6 Å². The smallest absolute Gasteiger partial charge is 0.261 e. The van der Waals surface area contributed by atoms with E-state index in [4.69, 9.17) is 4.43 Å². The van der Waals surface area contributed by atoms with Crippen LogP contribution in [0.2, 0.25) is 5.04 Å². The second-order valence-electron chi connectivity index (χ2n) is 11.4. The van der Waals surface area contributed by atoms with Crippen molar-refractivity contribution >= 4 is 35.5 Å². The molecule has 1 unspecified atom stereocenters. The Morgan fingerprint density at radius 2 is 1.35 bits per heavy atom. The monoisotopic (exact) mass is 506 g/mol. The molecule has 3 atom stereocenters. The van der Waals surface area contributed by atoms with Gasteiger partial charge in [0.05, 0.1) is 6.10 Å². The number of hydrogen-bond acceptors (Lipinski definition) is 3. The molecular formula is C33H34O3Si. The van der Waals surface area contributed by atoms with Crippen molar-refractivity contribution in [3.63, 3.8) is 0 Å². The van der Waals surface area contributed by atoms with E-state index < -0.39 is 20.5 Å². The molecule has 0 aromatic heterocycles. The van der Waals surface area contributed by atoms with Crippen LogP contribution in [0.5, 0.6) is 0 Å². The maximum Gasteiger partial charge on any atom is 0.261 e. The minimum atomic E-state index is -2.66. The minimum Gasteiger partial charge on any atom is -0.400 e. The van der Waals surface area contributed by atoms with Gasteiger partial charge < -0.3 is 14.6 Å². The predicted octanol–water partition coefficient (Wildman–Crippen LogP) is 5.82. The van der Waals surface area contributed by atoms with Gasteiger partial charge >= 0.3 is 0 Å². The number of rotatable bonds is 4. The summed E-state index contributed by atoms with van der Waals surface area (Å²) in [6.45, 7) is 6.98. The molecule has 0 heterocycles. The fourth-order valence-electron chi connectivity index (χ4n) is 6.49. The molecule has 4 heteroatoms. The average Bonchev–Trinajstić information content (AvgIpc) is 3.32. The largest absolute Gasteiger partial charge is 0.400 e. The van der Waals surface area contributed by atoms with Crippen molar-refractivity contribution < 1.29 is 14.6 Å². The summed E-state index contributed by atoms with van der Waals surface area (Å²) in [7, 11) is -2.66. The van der Waals surface area contributed by atoms with Crippen LogP contribution in [0.15, 0.2) is 91.0 Å². The molecule has 0 spiro atoms. The summed E-state index contributed by atoms with van der Waals surface area (Å²) in [6, 6.07) is 30.2. The van der Waals surface area contributed by atoms with E-state index in [0.717, 1.165) is 29.4 Å². The Morgan fingerprint density at radius 1 is 0.757 bits per heavy atom. The maximum absolute atomic E-state index is 10.5. The first-order chi connectivity index (χ1) is 17.8. The van der Waals surface area contributed by atoms with Crippen LogP contribution in [-0.2, 0) is 10.8 Å². The van der Waals surface area contributed by atoms with E-state index in [0.29, 0.717) is 0 Å². The molecule has 0 saturated heterocycles. The lowest BCUT2D eigenvalue weighted by atomic mass is 9.87. The molecule has 6 rings (SSSR count). The third-order valence-electron chi connectivity index (χ3n) is 8.27. The molecule has 0 bridgehead atoms. The molecule has 0 radical (unpaired) electrons. The molecule has 0 amide bonds. The zero-order valence-corrected chi connectivity index (χ0v) is 22.7. The van der Waals surface area contributed by atoms with Crippen LogP contribution >= 0.6 is 0 Å². The lowest BCUT2D eigenvalue weighted by Gasteiger charge is -2.44. The SMILES string of the molecule is CC(C)(C)[Si](OC1CCc2c1ccc1c3c(ccc21)[C@@H](O)[C@H](O)C=C3)(c1ccccc1)c1ccccc1. The Morgan fingerprint density at radius 3 is 1.97 bits per heavy atom. The number of fused-ring (bicyclic) bond motifs is 5. The van der Waals surface area contributed by atoms with Gasteiger partial charge in [-0.15, -0.1) is 0 Å². The molecule has 0 aliphatic heterocycles. The Bertz CT molecular complexity index is 1430. The predicted molar refractivity (Wildman–Crippen MR) is 154 cm³/mol. The van der Waals surface area contributed by atoms with Crippen molar-refractivity contribution in [1.29, 1.82) is 0 Å². The van der Waals surface area contributed by atoms with Crippen molar-refractivity contribution in [1.82, 2.24) is 0 Å². The number of aliphatic hydroxyl groups excluding tert-OH is 2. The van der Waals surface area contributed by atoms with Crippen molar-refractivity contribution in [2.24, 2.45) is 0 Å². The summed E-state index contributed by atoms with van der Waals surface area (Å²) >= 11 is 0. The highest BCUT2D eigenvalue weighted by Gasteiger charge is 2.52. The van der Waals surface area contributed by atoms with E-state index in [1.807, 2.05) is 12.1 Å². The van der Waals surface area contributed by atoms with Gasteiger partial charge in [0.25, 0.3) is 8.32 Å². The molecule has 3 nitrogen and oxygen atoms in total. The van der Waals surface area contributed by atoms with E-state index in [-0.39, 0.29) is 11.1 Å². The van der Waals surface area contributed by atoms with Gasteiger partial charge in [0, 0.05) is 0 Å². The van der Waals surface area contributed by atoms with E-state index in [1.54, 1.807) is 6.08 Å². The normalized spacial score (nSPS) is 21.2. The molecule has 37 heavy (non-hydrogen) atoms. The standard InChI is InChI=1S/C33H34O3Si/c1-33(2,3)37(22-10-6-4-7-11-22,23-12-8-5-9-13-23)36-31-21-19-26-24-15-17-29-27(18-20-30(34)32(29)35)25(24)14-16-28(26)31/h4-18,20,30-32,34-35H,19,21H2,1-3H3/t30-,31?,32-/m1/s1. The first-order valence-corrected chi connectivity index (χ1v) is 15.1. The van der Waals surface area contributed by atoms with Gasteiger partial charge in [-0.3, -0.25) is 0 Å². The van der Waals surface area contributed by atoms with Crippen LogP contribution in [0.25, 0.3) is 16.8 Å². The summed E-state index contributed by atoms with van der Waals surface area (Å²) in [5, 5.41) is 25.5. The fourth-order valence-corrected chi connectivity index (χ4v) is 11.2. The van der Waals surface area contributed by atoms with E-state index >= 15 is 0 Å². The Balaban J connectivity index is 1.48. The lowest BCUT2D eigenvalue weighted by Crippen LogP contribution is -2.66. The van der Waals surface area contributed by atoms with Gasteiger partial charge in [-0.1, -0.05) is 118 Å². The zero-order valence-electron chi connectivity index (χ0n) is 21.7. The third-order valence-corrected chi connectivity index (χ3v) is 13.3. The number of benzene rings is 4. The second kappa shape index (κ2) is 9.07. The first-order valence-electron chi connectivity index (χ1n) is 13.2. The van der Waals surface area contributed by atoms with Crippen LogP contribution in [-0.4, -0.2) is 24.6 Å². The third kappa shape index (κ3) is 3.82. The molecule has 2 N–H and O–H groups in total. The van der Waals surface area contributed by atoms with Gasteiger partial charge in [0.15, 0.2) is 0 Å². The molecular weight excluding hydrogens is 472 g/mol. The highest BCUT2D eigenvalue weighted by molar-refractivity contribution is 6.99. The average molecular weight is 507 g/mol. The number of aliphatic hydroxyl groups is 2. The highest BCUT2D eigenvalue weighted by Crippen LogP contribution is 2.46. The Kier molecular flexibility index (Phi) is 5.96. The van der Waals surface area contributed by atoms with Gasteiger partial charge in [0.2, 0.25) is 0 Å². The zero-order chi connectivity index (χ0) is 25.8. The van der Waals surface area contributed by atoms with Crippen LogP contribution in [0.3, 0.4) is 0 Å². The molecule has 2 aliphatic carbocycles. The quantitative estimate of drug-likeness (QED) is 0.343. The van der Waals surface area contributed by atoms with E-state index in [9.17, 15) is 10.2 Å². The van der Waals surface area contributed by atoms with Gasteiger partial charge in [-0.05, 0) is 61.3 Å². The maximum atomic E-state index is 10.5. The van der Waals surface area contributed by atoms with Crippen LogP contribution in [0.1, 0.15) is 61.7 Å². The summed E-state index contributed by atoms with van der Waals surface area (Å²) in [4.78, 5) is 0. The second-order valence-corrected chi connectivity index (χ2v) is 15.7. The number of hydrogen-bond donors (Lipinski definition) is 2. The van der Waals surface area contributed by atoms with Crippen molar-refractivity contribution in [3.8, 4) is 0 Å². The molecule has 2 aliphatic rings. The molecule has 4 aromatic carbocycles. The van der Waals surface area contributed by atoms with Crippen molar-refractivity contribution in [2.45, 2.75) is 57.0 Å². The summed E-state index contributed by atoms with van der Waals surface area (Å²) < 4.78 is 7.51. The Labute approximate surface area is 220 Å². The molecule has 0 saturated carbocycles. The van der Waals surface area contributed by atoms with Gasteiger partial charge in [-0.2, -0.15) is 0 Å². The lowest BCUT2D eigenvalue weighted by molar-refractivity contribution is 0.0471. The fraction of sp³-hybridized carbons (Fsp3) is 0.273. The van der Waals surface area contributed by atoms with Crippen LogP contribution in [0, 0.1) is 0 Å². The highest BCUT2D eigenvalue weighted by atomic mass is 28.4. The first kappa shape index (κ1) is 24.3. The number of aryl methyl sites for hydroxylation is 1. The van der Waals surface area contributed by atoms with Crippen LogP contribution in [0.4, 0.5) is 0 Å². The van der Waals surface area contributed by atoms with Gasteiger partial charge in [0.1, 0.15) is 12.2 Å². The summed E-state index contributed by atoms with van der Waals surface area (Å²) in [5.74, 6) is 0. The topological polar surface area (TPSA) is 49.7 Å². The van der Waals surface area contributed by atoms with Crippen molar-refractivity contribution in [3.05, 3.63) is 113 Å². The molecule has 4 aromatic rings. The van der Waals surface area contributed by atoms with Crippen LogP contribution < -0.4 is 10.4 Å². The van der Waals surface area contributed by atoms with E-state index in [1.165, 1.54) is 26.9 Å². The minimum absolute atomic E-state index is 0.0182. The molecule has 188 valence electrons. The Hall–Kier alpha value is -3.02. The van der Waals surface area contributed by atoms with Crippen molar-refractivity contribution in [2.75, 3.05) is 0 Å². The summed E-state index contributed by atoms with van der Waals surface area (Å²) in [5.41, 5.74) is 4.42. The van der Waals surface area contributed by atoms with Gasteiger partial charge in [-0.25, -0.2) is 0 Å². The summed E-state index contributed by atoms with van der Waals surface area (Å²) in [6.07, 6.45) is 3.83. The molecule has 0 fully saturated rings.